The van der Waals surface area contributed by atoms with Crippen molar-refractivity contribution in [3.8, 4) is 11.8 Å². The zero-order valence-corrected chi connectivity index (χ0v) is 36.5. The largest absolute Gasteiger partial charge is 0.493 e. The molecule has 63 heavy (non-hydrogen) atoms. The Bertz CT molecular complexity index is 2540. The Hall–Kier alpha value is -6.04. The average Bonchev–Trinajstić information content (AvgIpc) is 3.85. The number of carbonyl (C=O) groups is 5. The highest BCUT2D eigenvalue weighted by Crippen LogP contribution is 2.46. The van der Waals surface area contributed by atoms with Gasteiger partial charge in [0.15, 0.2) is 5.78 Å². The first-order valence-electron chi connectivity index (χ1n) is 22.6. The first-order valence-corrected chi connectivity index (χ1v) is 22.6. The minimum absolute atomic E-state index is 0.0289. The average molecular weight is 853 g/mol. The van der Waals surface area contributed by atoms with Gasteiger partial charge in [0.05, 0.1) is 36.9 Å². The summed E-state index contributed by atoms with van der Waals surface area (Å²) in [5, 5.41) is 15.8. The summed E-state index contributed by atoms with van der Waals surface area (Å²) in [4.78, 5) is 76.6. The van der Waals surface area contributed by atoms with Gasteiger partial charge in [0.25, 0.3) is 5.91 Å². The van der Waals surface area contributed by atoms with Crippen LogP contribution in [0.4, 0.5) is 5.69 Å². The molecule has 5 aliphatic rings. The van der Waals surface area contributed by atoms with Crippen molar-refractivity contribution in [1.29, 1.82) is 5.26 Å². The first kappa shape index (κ1) is 42.3. The number of hydrogen-bond donors (Lipinski definition) is 3. The highest BCUT2D eigenvalue weighted by molar-refractivity contribution is 6.20. The summed E-state index contributed by atoms with van der Waals surface area (Å²) < 4.78 is 6.08. The van der Waals surface area contributed by atoms with Crippen molar-refractivity contribution < 1.29 is 28.7 Å². The smallest absolute Gasteiger partial charge is 0.255 e. The minimum atomic E-state index is -0.668. The van der Waals surface area contributed by atoms with Gasteiger partial charge < -0.3 is 24.8 Å². The van der Waals surface area contributed by atoms with Crippen LogP contribution in [-0.2, 0) is 32.8 Å². The van der Waals surface area contributed by atoms with Crippen LogP contribution in [0, 0.1) is 11.3 Å². The number of H-pyrrole nitrogens is 1. The second-order valence-electron chi connectivity index (χ2n) is 18.2. The lowest BCUT2D eigenvalue weighted by atomic mass is 9.70. The molecule has 1 aromatic heterocycles. The van der Waals surface area contributed by atoms with Gasteiger partial charge in [0, 0.05) is 103 Å². The number of piperazine rings is 1. The summed E-state index contributed by atoms with van der Waals surface area (Å²) in [6.45, 7) is 13.7. The van der Waals surface area contributed by atoms with E-state index in [2.05, 4.69) is 69.3 Å². The van der Waals surface area contributed by atoms with Crippen LogP contribution >= 0.6 is 0 Å². The van der Waals surface area contributed by atoms with E-state index < -0.39 is 17.4 Å². The van der Waals surface area contributed by atoms with E-state index >= 15 is 0 Å². The van der Waals surface area contributed by atoms with Gasteiger partial charge in [-0.3, -0.25) is 39.1 Å². The number of nitrogens with zero attached hydrogens (tertiary/aromatic N) is 5. The number of piperidine rings is 2. The third-order valence-electron chi connectivity index (χ3n) is 14.1. The van der Waals surface area contributed by atoms with Crippen LogP contribution in [0.25, 0.3) is 10.9 Å². The number of fused-ring (bicyclic) bond motifs is 5. The van der Waals surface area contributed by atoms with Gasteiger partial charge in [-0.1, -0.05) is 32.9 Å². The molecule has 14 heteroatoms. The molecule has 0 spiro atoms. The number of rotatable bonds is 12. The van der Waals surface area contributed by atoms with E-state index in [1.54, 1.807) is 18.2 Å². The van der Waals surface area contributed by atoms with Crippen LogP contribution in [0.2, 0.25) is 0 Å². The van der Waals surface area contributed by atoms with Crippen molar-refractivity contribution in [2.75, 3.05) is 63.9 Å². The molecule has 4 amide bonds. The topological polar surface area (TPSA) is 171 Å². The number of benzene rings is 3. The molecule has 0 radical (unpaired) electrons. The minimum Gasteiger partial charge on any atom is -0.493 e. The van der Waals surface area contributed by atoms with Crippen molar-refractivity contribution in [2.24, 2.45) is 0 Å². The number of imide groups is 1. The van der Waals surface area contributed by atoms with Gasteiger partial charge in [0.1, 0.15) is 11.8 Å². The molecule has 0 saturated carbocycles. The number of aromatic nitrogens is 1. The lowest BCUT2D eigenvalue weighted by Gasteiger charge is -2.44. The molecule has 1 unspecified atom stereocenters. The van der Waals surface area contributed by atoms with Crippen LogP contribution in [0.5, 0.6) is 5.75 Å². The standard InChI is InChI=1S/C49H56N8O6/c1-4-31-25-35-37(49(2,3)46-44(45(35)60)34-11-10-30(27-50)24-38(34)52-46)26-40(31)56-17-14-32(15-18-56)55-21-19-54(20-22-55)29-43(59)51-16-5-6-23-63-41-9-7-8-33-36(41)28-57(48(33)62)39-12-13-42(58)53-47(39)61/h7-11,24-26,32,39,52H,4-6,12-23,28-29H2,1-3H3,(H,51,59)(H,53,58,61). The van der Waals surface area contributed by atoms with E-state index in [0.29, 0.717) is 49.0 Å². The Morgan fingerprint density at radius 3 is 2.49 bits per heavy atom. The van der Waals surface area contributed by atoms with Gasteiger partial charge >= 0.3 is 0 Å². The Labute approximate surface area is 367 Å². The normalized spacial score (nSPS) is 20.3. The van der Waals surface area contributed by atoms with Crippen LogP contribution in [-0.4, -0.2) is 120 Å². The van der Waals surface area contributed by atoms with Crippen molar-refractivity contribution in [3.63, 3.8) is 0 Å². The van der Waals surface area contributed by atoms with E-state index in [0.717, 1.165) is 110 Å². The Kier molecular flexibility index (Phi) is 11.6. The number of hydrogen-bond acceptors (Lipinski definition) is 10. The SMILES string of the molecule is CCc1cc2c(cc1N1CCC(N3CCN(CC(=O)NCCCCOc4cccc5c4CN(C4CCC(=O)NC4=O)C5=O)CC3)CC1)C(C)(C)c1[nH]c3cc(C#N)ccc3c1C2=O. The predicted octanol–water partition coefficient (Wildman–Crippen LogP) is 4.80. The van der Waals surface area contributed by atoms with E-state index in [4.69, 9.17) is 4.74 Å². The number of carbonyl (C=O) groups excluding carboxylic acids is 5. The number of nitrogens with one attached hydrogen (secondary N) is 3. The summed E-state index contributed by atoms with van der Waals surface area (Å²) in [5.74, 6) is -0.274. The van der Waals surface area contributed by atoms with Gasteiger partial charge in [-0.2, -0.15) is 5.26 Å². The molecule has 3 saturated heterocycles. The number of nitriles is 1. The number of aromatic amines is 1. The maximum absolute atomic E-state index is 14.1. The van der Waals surface area contributed by atoms with E-state index in [1.165, 1.54) is 16.2 Å². The summed E-state index contributed by atoms with van der Waals surface area (Å²) in [5.41, 5.74) is 8.13. The number of amides is 4. The number of unbranched alkanes of at least 4 members (excludes halogenated alkanes) is 1. The molecule has 14 nitrogen and oxygen atoms in total. The molecule has 9 rings (SSSR count). The number of ether oxygens (including phenoxy) is 1. The quantitative estimate of drug-likeness (QED) is 0.133. The zero-order valence-electron chi connectivity index (χ0n) is 36.5. The molecule has 1 aliphatic carbocycles. The fraction of sp³-hybridized carbons (Fsp3) is 0.469. The van der Waals surface area contributed by atoms with Crippen LogP contribution in [0.1, 0.15) is 114 Å². The maximum Gasteiger partial charge on any atom is 0.255 e. The molecule has 5 heterocycles. The lowest BCUT2D eigenvalue weighted by molar-refractivity contribution is -0.137. The highest BCUT2D eigenvalue weighted by atomic mass is 16.5. The third-order valence-corrected chi connectivity index (χ3v) is 14.1. The number of ketones is 1. The van der Waals surface area contributed by atoms with Crippen LogP contribution < -0.4 is 20.3 Å². The summed E-state index contributed by atoms with van der Waals surface area (Å²) in [6, 6.07) is 17.3. The maximum atomic E-state index is 14.1. The fourth-order valence-electron chi connectivity index (χ4n) is 10.5. The van der Waals surface area contributed by atoms with Crippen LogP contribution in [0.15, 0.2) is 48.5 Å². The van der Waals surface area contributed by atoms with E-state index in [1.807, 2.05) is 18.2 Å². The van der Waals surface area contributed by atoms with Crippen molar-refractivity contribution in [1.82, 2.24) is 30.3 Å². The molecule has 3 aromatic carbocycles. The Morgan fingerprint density at radius 1 is 0.952 bits per heavy atom. The molecule has 4 aliphatic heterocycles. The Morgan fingerprint density at radius 2 is 1.75 bits per heavy atom. The van der Waals surface area contributed by atoms with Gasteiger partial charge in [-0.25, -0.2) is 0 Å². The number of anilines is 1. The highest BCUT2D eigenvalue weighted by Gasteiger charge is 2.42. The van der Waals surface area contributed by atoms with Crippen molar-refractivity contribution >= 4 is 46.0 Å². The molecular weight excluding hydrogens is 797 g/mol. The monoisotopic (exact) mass is 852 g/mol. The van der Waals surface area contributed by atoms with E-state index in [9.17, 15) is 29.2 Å². The van der Waals surface area contributed by atoms with Gasteiger partial charge in [0.2, 0.25) is 17.7 Å². The summed E-state index contributed by atoms with van der Waals surface area (Å²) >= 11 is 0. The molecular formula is C49H56N8O6. The third kappa shape index (κ3) is 7.97. The van der Waals surface area contributed by atoms with E-state index in [-0.39, 0.29) is 36.5 Å². The lowest BCUT2D eigenvalue weighted by Crippen LogP contribution is -2.54. The molecule has 3 fully saturated rings. The molecule has 1 atom stereocenters. The second-order valence-corrected chi connectivity index (χ2v) is 18.2. The van der Waals surface area contributed by atoms with Crippen LogP contribution in [0.3, 0.4) is 0 Å². The zero-order chi connectivity index (χ0) is 44.0. The van der Waals surface area contributed by atoms with Crippen molar-refractivity contribution in [2.45, 2.75) is 89.8 Å². The molecule has 3 N–H and O–H groups in total. The molecule has 4 aromatic rings. The summed E-state index contributed by atoms with van der Waals surface area (Å²) in [7, 11) is 0. The number of aryl methyl sites for hydroxylation is 1. The fourth-order valence-corrected chi connectivity index (χ4v) is 10.5. The molecule has 0 bridgehead atoms. The Balaban J connectivity index is 0.710. The van der Waals surface area contributed by atoms with Gasteiger partial charge in [-0.15, -0.1) is 0 Å². The molecule has 328 valence electrons. The van der Waals surface area contributed by atoms with Gasteiger partial charge in [-0.05, 0) is 86.1 Å². The summed E-state index contributed by atoms with van der Waals surface area (Å²) in [6.07, 6.45) is 4.97. The second kappa shape index (κ2) is 17.3. The van der Waals surface area contributed by atoms with Crippen molar-refractivity contribution in [3.05, 3.63) is 93.2 Å². The first-order chi connectivity index (χ1) is 30.4. The predicted molar refractivity (Wildman–Crippen MR) is 238 cm³/mol.